The van der Waals surface area contributed by atoms with Crippen molar-refractivity contribution in [2.45, 2.75) is 44.7 Å². The van der Waals surface area contributed by atoms with E-state index >= 15 is 0 Å². The summed E-state index contributed by atoms with van der Waals surface area (Å²) in [4.78, 5) is 35.0. The van der Waals surface area contributed by atoms with E-state index in [4.69, 9.17) is 19.8 Å². The topological polar surface area (TPSA) is 101 Å². The van der Waals surface area contributed by atoms with Crippen LogP contribution >= 0.6 is 0 Å². The third-order valence-electron chi connectivity index (χ3n) is 4.71. The largest absolute Gasteiger partial charge is 0.483 e. The van der Waals surface area contributed by atoms with Crippen LogP contribution in [0.4, 0.5) is 13.2 Å². The van der Waals surface area contributed by atoms with Crippen LogP contribution in [0.3, 0.4) is 0 Å². The number of carbonyl (C=O) groups is 3. The van der Waals surface area contributed by atoms with Crippen molar-refractivity contribution >= 4 is 18.9 Å². The Morgan fingerprint density at radius 1 is 0.793 bits per heavy atom. The molecule has 2 aliphatic rings. The van der Waals surface area contributed by atoms with Crippen LogP contribution in [0.15, 0.2) is 0 Å². The maximum absolute atomic E-state index is 12.4. The molecule has 0 spiro atoms. The highest BCUT2D eigenvalue weighted by atomic mass is 19.4. The van der Waals surface area contributed by atoms with Gasteiger partial charge in [0.15, 0.2) is 0 Å². The summed E-state index contributed by atoms with van der Waals surface area (Å²) in [6, 6.07) is 0. The number of hydrogen-bond donors (Lipinski definition) is 2. The lowest BCUT2D eigenvalue weighted by molar-refractivity contribution is -0.138. The second-order valence-electron chi connectivity index (χ2n) is 6.84. The zero-order valence-corrected chi connectivity index (χ0v) is 16.6. The van der Waals surface area contributed by atoms with Gasteiger partial charge >= 0.3 is 6.18 Å². The molecule has 2 heterocycles. The highest BCUT2D eigenvalue weighted by Crippen LogP contribution is 2.20. The lowest BCUT2D eigenvalue weighted by Gasteiger charge is -2.26. The van der Waals surface area contributed by atoms with Gasteiger partial charge in [0.2, 0.25) is 5.91 Å². The lowest BCUT2D eigenvalue weighted by Crippen LogP contribution is -2.42. The monoisotopic (exact) mass is 427 g/mol. The maximum Gasteiger partial charge on any atom is 0.390 e. The molecule has 1 amide bonds. The zero-order valence-electron chi connectivity index (χ0n) is 16.6. The number of carboxylic acid groups (broad SMARTS) is 2. The summed E-state index contributed by atoms with van der Waals surface area (Å²) >= 11 is 0. The first-order chi connectivity index (χ1) is 13.8. The minimum absolute atomic E-state index is 0.0393. The molecular weight excluding hydrogens is 395 g/mol. The first kappa shape index (κ1) is 27.1. The summed E-state index contributed by atoms with van der Waals surface area (Å²) in [6.45, 7) is 4.36. The van der Waals surface area contributed by atoms with Crippen LogP contribution in [0.1, 0.15) is 38.5 Å². The third kappa shape index (κ3) is 14.7. The number of amides is 1. The Morgan fingerprint density at radius 3 is 1.83 bits per heavy atom. The van der Waals surface area contributed by atoms with E-state index in [1.54, 1.807) is 0 Å². The molecule has 0 radical (unpaired) electrons. The number of halogens is 3. The zero-order chi connectivity index (χ0) is 22.1. The first-order valence-electron chi connectivity index (χ1n) is 9.72. The minimum Gasteiger partial charge on any atom is -0.483 e. The van der Waals surface area contributed by atoms with Gasteiger partial charge in [-0.1, -0.05) is 12.8 Å². The first-order valence-corrected chi connectivity index (χ1v) is 9.72. The highest BCUT2D eigenvalue weighted by molar-refractivity contribution is 5.78. The average Bonchev–Trinajstić information content (AvgIpc) is 3.03. The van der Waals surface area contributed by atoms with Crippen molar-refractivity contribution in [3.05, 3.63) is 0 Å². The summed E-state index contributed by atoms with van der Waals surface area (Å²) in [6.07, 6.45) is 0.662. The molecule has 11 heteroatoms. The predicted octanol–water partition coefficient (Wildman–Crippen LogP) is 1.75. The molecule has 0 aromatic heterocycles. The fourth-order valence-corrected chi connectivity index (χ4v) is 3.31. The highest BCUT2D eigenvalue weighted by Gasteiger charge is 2.28. The molecule has 0 aliphatic carbocycles. The van der Waals surface area contributed by atoms with Crippen LogP contribution in [-0.4, -0.2) is 102 Å². The van der Waals surface area contributed by atoms with E-state index in [9.17, 15) is 18.0 Å². The van der Waals surface area contributed by atoms with Crippen LogP contribution in [-0.2, 0) is 14.4 Å². The average molecular weight is 427 g/mol. The van der Waals surface area contributed by atoms with E-state index in [1.807, 2.05) is 9.80 Å². The van der Waals surface area contributed by atoms with Crippen LogP contribution in [0, 0.1) is 0 Å². The number of carbonyl (C=O) groups excluding carboxylic acids is 1. The van der Waals surface area contributed by atoms with Crippen molar-refractivity contribution in [2.75, 3.05) is 52.4 Å². The summed E-state index contributed by atoms with van der Waals surface area (Å²) in [5.41, 5.74) is 0. The summed E-state index contributed by atoms with van der Waals surface area (Å²) in [5, 5.41) is 13.8. The summed E-state index contributed by atoms with van der Waals surface area (Å²) < 4.78 is 36.9. The van der Waals surface area contributed by atoms with Gasteiger partial charge in [0.25, 0.3) is 12.9 Å². The molecule has 8 nitrogen and oxygen atoms in total. The van der Waals surface area contributed by atoms with E-state index in [-0.39, 0.29) is 25.4 Å². The Morgan fingerprint density at radius 2 is 1.31 bits per heavy atom. The number of nitrogens with zero attached hydrogens (tertiary/aromatic N) is 3. The Labute approximate surface area is 169 Å². The number of alkyl halides is 3. The van der Waals surface area contributed by atoms with Crippen molar-refractivity contribution in [3.8, 4) is 0 Å². The van der Waals surface area contributed by atoms with Crippen molar-refractivity contribution in [1.82, 2.24) is 14.7 Å². The quantitative estimate of drug-likeness (QED) is 0.659. The van der Waals surface area contributed by atoms with E-state index in [2.05, 4.69) is 4.90 Å². The second-order valence-corrected chi connectivity index (χ2v) is 6.84. The SMILES string of the molecule is O=C(CN1CCCCCC1)N1CCCN(CCC(F)(F)F)CC1.O=CO.O=CO. The van der Waals surface area contributed by atoms with Gasteiger partial charge in [0.1, 0.15) is 0 Å². The van der Waals surface area contributed by atoms with Gasteiger partial charge in [-0.3, -0.25) is 19.3 Å². The van der Waals surface area contributed by atoms with Gasteiger partial charge in [-0.25, -0.2) is 0 Å². The van der Waals surface area contributed by atoms with Gasteiger partial charge in [-0.05, 0) is 38.9 Å². The molecule has 0 unspecified atom stereocenters. The molecule has 2 fully saturated rings. The standard InChI is InChI=1S/C16H28F3N3O.2CH2O2/c17-16(18,19)6-11-20-9-5-10-22(13-12-20)15(23)14-21-7-3-1-2-4-8-21;2*2-1-3/h1-14H2;2*1H,(H,2,3). The van der Waals surface area contributed by atoms with Crippen molar-refractivity contribution < 1.29 is 37.8 Å². The molecule has 2 aliphatic heterocycles. The molecule has 170 valence electrons. The van der Waals surface area contributed by atoms with Gasteiger partial charge < -0.3 is 20.0 Å². The fourth-order valence-electron chi connectivity index (χ4n) is 3.31. The van der Waals surface area contributed by atoms with Gasteiger partial charge in [-0.15, -0.1) is 0 Å². The summed E-state index contributed by atoms with van der Waals surface area (Å²) in [7, 11) is 0. The van der Waals surface area contributed by atoms with Crippen LogP contribution in [0.5, 0.6) is 0 Å². The smallest absolute Gasteiger partial charge is 0.390 e. The normalized spacial score (nSPS) is 18.8. The maximum atomic E-state index is 12.4. The number of rotatable bonds is 4. The molecule has 2 rings (SSSR count). The summed E-state index contributed by atoms with van der Waals surface area (Å²) in [5.74, 6) is 0.129. The van der Waals surface area contributed by atoms with Gasteiger partial charge in [0, 0.05) is 26.2 Å². The molecule has 0 aromatic rings. The van der Waals surface area contributed by atoms with Crippen LogP contribution in [0.2, 0.25) is 0 Å². The van der Waals surface area contributed by atoms with E-state index in [0.717, 1.165) is 32.4 Å². The minimum atomic E-state index is -4.10. The van der Waals surface area contributed by atoms with Crippen molar-refractivity contribution in [2.24, 2.45) is 0 Å². The number of likely N-dealkylation sites (tertiary alicyclic amines) is 1. The van der Waals surface area contributed by atoms with E-state index in [1.165, 1.54) is 12.8 Å². The van der Waals surface area contributed by atoms with Crippen LogP contribution in [0.25, 0.3) is 0 Å². The van der Waals surface area contributed by atoms with Crippen molar-refractivity contribution in [1.29, 1.82) is 0 Å². The van der Waals surface area contributed by atoms with Gasteiger partial charge in [-0.2, -0.15) is 13.2 Å². The molecule has 2 N–H and O–H groups in total. The predicted molar refractivity (Wildman–Crippen MR) is 101 cm³/mol. The third-order valence-corrected chi connectivity index (χ3v) is 4.71. The fraction of sp³-hybridized carbons (Fsp3) is 0.833. The Balaban J connectivity index is 0.00000116. The Bertz CT molecular complexity index is 453. The molecule has 0 atom stereocenters. The Kier molecular flexibility index (Phi) is 14.9. The second kappa shape index (κ2) is 16.0. The Hall–Kier alpha value is -1.88. The molecule has 0 saturated carbocycles. The molecule has 0 aromatic carbocycles. The van der Waals surface area contributed by atoms with E-state index < -0.39 is 12.6 Å². The molecule has 2 saturated heterocycles. The molecule has 0 bridgehead atoms. The molecular formula is C18H32F3N3O5. The van der Waals surface area contributed by atoms with Crippen molar-refractivity contribution in [3.63, 3.8) is 0 Å². The van der Waals surface area contributed by atoms with Gasteiger partial charge in [0.05, 0.1) is 13.0 Å². The number of hydrogen-bond acceptors (Lipinski definition) is 5. The molecule has 29 heavy (non-hydrogen) atoms. The lowest BCUT2D eigenvalue weighted by atomic mass is 10.2. The van der Waals surface area contributed by atoms with Crippen LogP contribution < -0.4 is 0 Å². The van der Waals surface area contributed by atoms with E-state index in [0.29, 0.717) is 32.7 Å².